The summed E-state index contributed by atoms with van der Waals surface area (Å²) >= 11 is 1.36. The highest BCUT2D eigenvalue weighted by atomic mass is 32.1. The first-order chi connectivity index (χ1) is 18.2. The van der Waals surface area contributed by atoms with E-state index in [1.54, 1.807) is 24.0 Å². The Hall–Kier alpha value is -3.87. The molecule has 2 atom stereocenters. The molecule has 0 aromatic carbocycles. The number of hydrogen-bond donors (Lipinski definition) is 2. The quantitative estimate of drug-likeness (QED) is 0.369. The number of amides is 2. The molecule has 5 heterocycles. The number of aromatic nitrogens is 4. The summed E-state index contributed by atoms with van der Waals surface area (Å²) in [4.78, 5) is 37.4. The molecule has 0 radical (unpaired) electrons. The smallest absolute Gasteiger partial charge is 0.253 e. The second-order valence-corrected chi connectivity index (χ2v) is 10.3. The highest BCUT2D eigenvalue weighted by Crippen LogP contribution is 2.44. The van der Waals surface area contributed by atoms with Crippen molar-refractivity contribution in [2.24, 2.45) is 5.73 Å². The van der Waals surface area contributed by atoms with Gasteiger partial charge in [-0.3, -0.25) is 19.5 Å². The number of aryl methyl sites for hydroxylation is 1. The molecular weight excluding hydrogens is 506 g/mol. The molecule has 1 saturated heterocycles. The van der Waals surface area contributed by atoms with Gasteiger partial charge < -0.3 is 20.5 Å². The van der Waals surface area contributed by atoms with Crippen molar-refractivity contribution in [3.05, 3.63) is 48.0 Å². The van der Waals surface area contributed by atoms with Gasteiger partial charge in [-0.05, 0) is 39.0 Å². The molecule has 3 N–H and O–H groups in total. The lowest BCUT2D eigenvalue weighted by Crippen LogP contribution is -2.48. The topological polar surface area (TPSA) is 137 Å². The molecule has 0 bridgehead atoms. The van der Waals surface area contributed by atoms with Gasteiger partial charge in [0.05, 0.1) is 65.6 Å². The number of methoxy groups -OCH3 is 1. The maximum absolute atomic E-state index is 12.9. The Morgan fingerprint density at radius 1 is 1.21 bits per heavy atom. The fourth-order valence-electron chi connectivity index (χ4n) is 4.81. The fourth-order valence-corrected chi connectivity index (χ4v) is 6.05. The summed E-state index contributed by atoms with van der Waals surface area (Å²) in [5.41, 5.74) is 9.38. The molecule has 4 aromatic rings. The molecular formula is C26H29N7O4S. The Balaban J connectivity index is 1.55. The molecule has 5 rings (SSSR count). The standard InChI is InChI=1S/C26H29N7O4S/c1-14-11-32(12-15(2)37-14)13-21(34)31-17-8-19(16(3)29-9-17)22-23(18-6-5-7-28-25(18)36-4)38-26-20(24(27)35)10-30-33(22)26/h5-10,14-15H,11-13H2,1-4H3,(H2,27,35)(H,31,34)/t14-,15-/m0/s1. The van der Waals surface area contributed by atoms with Crippen LogP contribution in [0.3, 0.4) is 0 Å². The molecule has 4 aromatic heterocycles. The third-order valence-electron chi connectivity index (χ3n) is 6.31. The lowest BCUT2D eigenvalue weighted by Gasteiger charge is -2.34. The van der Waals surface area contributed by atoms with Crippen LogP contribution >= 0.6 is 11.3 Å². The lowest BCUT2D eigenvalue weighted by atomic mass is 10.1. The number of primary amides is 1. The van der Waals surface area contributed by atoms with Crippen LogP contribution in [-0.4, -0.2) is 75.2 Å². The van der Waals surface area contributed by atoms with E-state index in [-0.39, 0.29) is 24.7 Å². The van der Waals surface area contributed by atoms with Crippen molar-refractivity contribution in [2.75, 3.05) is 32.1 Å². The van der Waals surface area contributed by atoms with Crippen LogP contribution in [0.4, 0.5) is 5.69 Å². The number of nitrogens with one attached hydrogen (secondary N) is 1. The molecule has 1 aliphatic rings. The highest BCUT2D eigenvalue weighted by molar-refractivity contribution is 7.21. The summed E-state index contributed by atoms with van der Waals surface area (Å²) < 4.78 is 13.0. The molecule has 0 aliphatic carbocycles. The number of fused-ring (bicyclic) bond motifs is 1. The number of hydrogen-bond acceptors (Lipinski definition) is 9. The van der Waals surface area contributed by atoms with E-state index in [0.29, 0.717) is 40.7 Å². The molecule has 0 unspecified atom stereocenters. The molecule has 0 saturated carbocycles. The first-order valence-corrected chi connectivity index (χ1v) is 13.0. The number of anilines is 1. The van der Waals surface area contributed by atoms with E-state index in [0.717, 1.165) is 21.7 Å². The van der Waals surface area contributed by atoms with Gasteiger partial charge in [-0.15, -0.1) is 11.3 Å². The van der Waals surface area contributed by atoms with E-state index in [2.05, 4.69) is 25.3 Å². The normalized spacial score (nSPS) is 18.0. The largest absolute Gasteiger partial charge is 0.481 e. The van der Waals surface area contributed by atoms with Gasteiger partial charge in [0.1, 0.15) is 4.83 Å². The molecule has 2 amide bonds. The van der Waals surface area contributed by atoms with Crippen molar-refractivity contribution in [2.45, 2.75) is 33.0 Å². The molecule has 38 heavy (non-hydrogen) atoms. The predicted molar refractivity (Wildman–Crippen MR) is 144 cm³/mol. The summed E-state index contributed by atoms with van der Waals surface area (Å²) in [5.74, 6) is -0.273. The second-order valence-electron chi connectivity index (χ2n) is 9.34. The van der Waals surface area contributed by atoms with Crippen molar-refractivity contribution >= 4 is 33.7 Å². The van der Waals surface area contributed by atoms with Crippen molar-refractivity contribution in [3.8, 4) is 27.6 Å². The Kier molecular flexibility index (Phi) is 7.11. The summed E-state index contributed by atoms with van der Waals surface area (Å²) in [6.45, 7) is 7.53. The number of nitrogens with zero attached hydrogens (tertiary/aromatic N) is 5. The zero-order valence-corrected chi connectivity index (χ0v) is 22.4. The zero-order chi connectivity index (χ0) is 27.0. The number of pyridine rings is 2. The van der Waals surface area contributed by atoms with E-state index in [1.165, 1.54) is 17.5 Å². The van der Waals surface area contributed by atoms with Gasteiger partial charge in [0, 0.05) is 30.5 Å². The van der Waals surface area contributed by atoms with Gasteiger partial charge in [0.2, 0.25) is 11.8 Å². The number of ether oxygens (including phenoxy) is 2. The molecule has 11 nitrogen and oxygen atoms in total. The Labute approximate surface area is 223 Å². The van der Waals surface area contributed by atoms with Crippen LogP contribution in [0.15, 0.2) is 36.8 Å². The molecule has 0 spiro atoms. The Morgan fingerprint density at radius 3 is 2.68 bits per heavy atom. The van der Waals surface area contributed by atoms with E-state index in [1.807, 2.05) is 39.0 Å². The van der Waals surface area contributed by atoms with Gasteiger partial charge in [-0.1, -0.05) is 0 Å². The molecule has 12 heteroatoms. The fraction of sp³-hybridized carbons (Fsp3) is 0.346. The van der Waals surface area contributed by atoms with E-state index in [4.69, 9.17) is 15.2 Å². The van der Waals surface area contributed by atoms with Crippen LogP contribution in [0.5, 0.6) is 5.88 Å². The van der Waals surface area contributed by atoms with Crippen LogP contribution in [0.2, 0.25) is 0 Å². The van der Waals surface area contributed by atoms with E-state index in [9.17, 15) is 9.59 Å². The van der Waals surface area contributed by atoms with Crippen molar-refractivity contribution in [1.29, 1.82) is 0 Å². The third kappa shape index (κ3) is 4.97. The number of carbonyl (C=O) groups excluding carboxylic acids is 2. The molecule has 198 valence electrons. The van der Waals surface area contributed by atoms with E-state index >= 15 is 0 Å². The van der Waals surface area contributed by atoms with Crippen molar-refractivity contribution < 1.29 is 19.1 Å². The van der Waals surface area contributed by atoms with Crippen LogP contribution in [0.25, 0.3) is 26.5 Å². The first kappa shape index (κ1) is 25.8. The third-order valence-corrected chi connectivity index (χ3v) is 7.52. The van der Waals surface area contributed by atoms with Gasteiger partial charge in [-0.25, -0.2) is 9.50 Å². The average molecular weight is 536 g/mol. The van der Waals surface area contributed by atoms with Gasteiger partial charge in [0.25, 0.3) is 5.91 Å². The van der Waals surface area contributed by atoms with Crippen LogP contribution < -0.4 is 15.8 Å². The minimum atomic E-state index is -0.569. The van der Waals surface area contributed by atoms with Crippen LogP contribution in [0, 0.1) is 6.92 Å². The van der Waals surface area contributed by atoms with Crippen LogP contribution in [-0.2, 0) is 9.53 Å². The maximum Gasteiger partial charge on any atom is 0.253 e. The number of carbonyl (C=O) groups is 2. The molecule has 1 aliphatic heterocycles. The zero-order valence-electron chi connectivity index (χ0n) is 21.6. The minimum absolute atomic E-state index is 0.0717. The van der Waals surface area contributed by atoms with E-state index < -0.39 is 5.91 Å². The lowest BCUT2D eigenvalue weighted by molar-refractivity contribution is -0.121. The van der Waals surface area contributed by atoms with Crippen LogP contribution in [0.1, 0.15) is 29.9 Å². The number of morpholine rings is 1. The summed E-state index contributed by atoms with van der Waals surface area (Å²) in [6.07, 6.45) is 4.88. The van der Waals surface area contributed by atoms with Gasteiger partial charge in [-0.2, -0.15) is 5.10 Å². The maximum atomic E-state index is 12.9. The minimum Gasteiger partial charge on any atom is -0.481 e. The SMILES string of the molecule is COc1ncccc1-c1sc2c(C(N)=O)cnn2c1-c1cc(NC(=O)CN2C[C@H](C)O[C@@H](C)C2)cnc1C. The monoisotopic (exact) mass is 535 g/mol. The second kappa shape index (κ2) is 10.5. The summed E-state index contributed by atoms with van der Waals surface area (Å²) in [7, 11) is 1.55. The highest BCUT2D eigenvalue weighted by Gasteiger charge is 2.26. The van der Waals surface area contributed by atoms with Crippen molar-refractivity contribution in [3.63, 3.8) is 0 Å². The number of rotatable bonds is 7. The van der Waals surface area contributed by atoms with Gasteiger partial charge >= 0.3 is 0 Å². The first-order valence-electron chi connectivity index (χ1n) is 12.2. The Morgan fingerprint density at radius 2 is 1.97 bits per heavy atom. The summed E-state index contributed by atoms with van der Waals surface area (Å²) in [5, 5.41) is 7.45. The number of thiazole rings is 1. The van der Waals surface area contributed by atoms with Crippen molar-refractivity contribution in [1.82, 2.24) is 24.5 Å². The average Bonchev–Trinajstić information content (AvgIpc) is 3.44. The Bertz CT molecular complexity index is 1500. The summed E-state index contributed by atoms with van der Waals surface area (Å²) in [6, 6.07) is 5.57. The predicted octanol–water partition coefficient (Wildman–Crippen LogP) is 2.98. The molecule has 1 fully saturated rings. The number of nitrogens with two attached hydrogens (primary N) is 1. The van der Waals surface area contributed by atoms with Gasteiger partial charge in [0.15, 0.2) is 0 Å².